The topological polar surface area (TPSA) is 50.2 Å². The van der Waals surface area contributed by atoms with Gasteiger partial charge in [0.05, 0.1) is 5.69 Å². The highest BCUT2D eigenvalue weighted by molar-refractivity contribution is 5.86. The Morgan fingerprint density at radius 3 is 2.53 bits per heavy atom. The number of carboxylic acids is 1. The van der Waals surface area contributed by atoms with Gasteiger partial charge < -0.3 is 5.11 Å². The average Bonchev–Trinajstić information content (AvgIpc) is 2.33. The Morgan fingerprint density at radius 2 is 1.82 bits per heavy atom. The average molecular weight is 227 g/mol. The molecular formula is C14H13NO2. The minimum atomic E-state index is -1.00. The number of aromatic nitrogens is 1. The van der Waals surface area contributed by atoms with E-state index in [-0.39, 0.29) is 5.69 Å². The maximum Gasteiger partial charge on any atom is 0.354 e. The third-order valence-corrected chi connectivity index (χ3v) is 2.85. The van der Waals surface area contributed by atoms with E-state index in [4.69, 9.17) is 5.11 Å². The molecule has 1 N–H and O–H groups in total. The summed E-state index contributed by atoms with van der Waals surface area (Å²) < 4.78 is 0. The van der Waals surface area contributed by atoms with Crippen LogP contribution in [0.4, 0.5) is 0 Å². The molecule has 0 spiro atoms. The first-order chi connectivity index (χ1) is 8.09. The summed E-state index contributed by atoms with van der Waals surface area (Å²) in [7, 11) is 0. The van der Waals surface area contributed by atoms with Crippen LogP contribution in [0.5, 0.6) is 0 Å². The molecule has 0 bridgehead atoms. The summed E-state index contributed by atoms with van der Waals surface area (Å²) in [6.07, 6.45) is 0. The molecule has 0 aliphatic carbocycles. The van der Waals surface area contributed by atoms with E-state index < -0.39 is 5.97 Å². The highest BCUT2D eigenvalue weighted by Gasteiger charge is 2.08. The van der Waals surface area contributed by atoms with Gasteiger partial charge in [-0.3, -0.25) is 0 Å². The van der Waals surface area contributed by atoms with Gasteiger partial charge in [-0.2, -0.15) is 0 Å². The Balaban J connectivity index is 2.57. The third-order valence-electron chi connectivity index (χ3n) is 2.85. The Kier molecular flexibility index (Phi) is 2.91. The fourth-order valence-corrected chi connectivity index (χ4v) is 1.73. The van der Waals surface area contributed by atoms with E-state index in [9.17, 15) is 4.79 Å². The highest BCUT2D eigenvalue weighted by atomic mass is 16.4. The van der Waals surface area contributed by atoms with Gasteiger partial charge in [0.25, 0.3) is 0 Å². The first-order valence-corrected chi connectivity index (χ1v) is 5.36. The van der Waals surface area contributed by atoms with Gasteiger partial charge in [0.1, 0.15) is 5.69 Å². The van der Waals surface area contributed by atoms with Crippen LogP contribution in [-0.2, 0) is 0 Å². The molecule has 0 unspecified atom stereocenters. The summed E-state index contributed by atoms with van der Waals surface area (Å²) in [6, 6.07) is 11.0. The summed E-state index contributed by atoms with van der Waals surface area (Å²) in [5, 5.41) is 8.92. The first-order valence-electron chi connectivity index (χ1n) is 5.36. The first kappa shape index (κ1) is 11.3. The second kappa shape index (κ2) is 4.37. The maximum atomic E-state index is 10.9. The molecule has 3 heteroatoms. The standard InChI is InChI=1S/C14H13NO2/c1-9-5-3-6-11(10(9)2)12-7-4-8-13(15-12)14(16)17/h3-8H,1-2H3,(H,16,17). The molecule has 2 aromatic rings. The van der Waals surface area contributed by atoms with Crippen LogP contribution >= 0.6 is 0 Å². The lowest BCUT2D eigenvalue weighted by Crippen LogP contribution is -2.01. The lowest BCUT2D eigenvalue weighted by atomic mass is 10.0. The fraction of sp³-hybridized carbons (Fsp3) is 0.143. The zero-order valence-corrected chi connectivity index (χ0v) is 9.77. The van der Waals surface area contributed by atoms with Gasteiger partial charge in [-0.1, -0.05) is 24.3 Å². The van der Waals surface area contributed by atoms with Crippen molar-refractivity contribution in [1.82, 2.24) is 4.98 Å². The summed E-state index contributed by atoms with van der Waals surface area (Å²) in [5.74, 6) is -1.00. The molecule has 0 atom stereocenters. The van der Waals surface area contributed by atoms with Crippen molar-refractivity contribution < 1.29 is 9.90 Å². The van der Waals surface area contributed by atoms with Gasteiger partial charge in [-0.05, 0) is 37.1 Å². The number of nitrogens with zero attached hydrogens (tertiary/aromatic N) is 1. The van der Waals surface area contributed by atoms with Crippen LogP contribution in [-0.4, -0.2) is 16.1 Å². The molecule has 86 valence electrons. The number of rotatable bonds is 2. The summed E-state index contributed by atoms with van der Waals surface area (Å²) in [5.41, 5.74) is 4.05. The van der Waals surface area contributed by atoms with Crippen molar-refractivity contribution in [3.63, 3.8) is 0 Å². The van der Waals surface area contributed by atoms with E-state index in [0.29, 0.717) is 5.69 Å². The van der Waals surface area contributed by atoms with Crippen molar-refractivity contribution in [2.24, 2.45) is 0 Å². The molecule has 0 fully saturated rings. The number of carboxylic acid groups (broad SMARTS) is 1. The number of pyridine rings is 1. The smallest absolute Gasteiger partial charge is 0.354 e. The van der Waals surface area contributed by atoms with E-state index in [0.717, 1.165) is 11.1 Å². The van der Waals surface area contributed by atoms with Crippen molar-refractivity contribution in [2.75, 3.05) is 0 Å². The van der Waals surface area contributed by atoms with E-state index in [2.05, 4.69) is 4.98 Å². The molecule has 3 nitrogen and oxygen atoms in total. The molecule has 17 heavy (non-hydrogen) atoms. The fourth-order valence-electron chi connectivity index (χ4n) is 1.73. The molecule has 1 aromatic carbocycles. The molecule has 0 saturated heterocycles. The second-order valence-electron chi connectivity index (χ2n) is 3.96. The minimum absolute atomic E-state index is 0.0726. The number of aryl methyl sites for hydroxylation is 1. The van der Waals surface area contributed by atoms with Crippen LogP contribution in [0.1, 0.15) is 21.6 Å². The van der Waals surface area contributed by atoms with Crippen LogP contribution in [0.25, 0.3) is 11.3 Å². The van der Waals surface area contributed by atoms with Gasteiger partial charge in [0.2, 0.25) is 0 Å². The van der Waals surface area contributed by atoms with Crippen LogP contribution in [0.2, 0.25) is 0 Å². The van der Waals surface area contributed by atoms with Crippen LogP contribution in [0, 0.1) is 13.8 Å². The van der Waals surface area contributed by atoms with Crippen LogP contribution < -0.4 is 0 Å². The molecule has 1 heterocycles. The summed E-state index contributed by atoms with van der Waals surface area (Å²) in [6.45, 7) is 4.04. The molecule has 0 aliphatic rings. The number of carbonyl (C=O) groups is 1. The third kappa shape index (κ3) is 2.18. The molecule has 0 amide bonds. The van der Waals surface area contributed by atoms with E-state index in [1.807, 2.05) is 38.1 Å². The highest BCUT2D eigenvalue weighted by Crippen LogP contribution is 2.23. The lowest BCUT2D eigenvalue weighted by molar-refractivity contribution is 0.0690. The van der Waals surface area contributed by atoms with Crippen LogP contribution in [0.15, 0.2) is 36.4 Å². The molecular weight excluding hydrogens is 214 g/mol. The van der Waals surface area contributed by atoms with E-state index in [1.54, 1.807) is 6.07 Å². The largest absolute Gasteiger partial charge is 0.477 e. The van der Waals surface area contributed by atoms with Gasteiger partial charge in [0, 0.05) is 5.56 Å². The monoisotopic (exact) mass is 227 g/mol. The summed E-state index contributed by atoms with van der Waals surface area (Å²) in [4.78, 5) is 15.0. The van der Waals surface area contributed by atoms with Gasteiger partial charge in [-0.25, -0.2) is 9.78 Å². The SMILES string of the molecule is Cc1cccc(-c2cccc(C(=O)O)n2)c1C. The van der Waals surface area contributed by atoms with Crippen LogP contribution in [0.3, 0.4) is 0 Å². The van der Waals surface area contributed by atoms with Gasteiger partial charge in [0.15, 0.2) is 0 Å². The number of hydrogen-bond donors (Lipinski definition) is 1. The second-order valence-corrected chi connectivity index (χ2v) is 3.96. The quantitative estimate of drug-likeness (QED) is 0.857. The predicted octanol–water partition coefficient (Wildman–Crippen LogP) is 3.06. The van der Waals surface area contributed by atoms with E-state index in [1.165, 1.54) is 11.6 Å². The number of aromatic carboxylic acids is 1. The van der Waals surface area contributed by atoms with Crippen molar-refractivity contribution in [3.8, 4) is 11.3 Å². The van der Waals surface area contributed by atoms with Crippen molar-refractivity contribution in [1.29, 1.82) is 0 Å². The summed E-state index contributed by atoms with van der Waals surface area (Å²) >= 11 is 0. The Morgan fingerprint density at radius 1 is 1.12 bits per heavy atom. The Hall–Kier alpha value is -2.16. The molecule has 2 rings (SSSR count). The van der Waals surface area contributed by atoms with Crippen molar-refractivity contribution >= 4 is 5.97 Å². The number of benzene rings is 1. The molecule has 0 aliphatic heterocycles. The normalized spacial score (nSPS) is 10.2. The van der Waals surface area contributed by atoms with Crippen molar-refractivity contribution in [2.45, 2.75) is 13.8 Å². The van der Waals surface area contributed by atoms with Gasteiger partial charge in [-0.15, -0.1) is 0 Å². The lowest BCUT2D eigenvalue weighted by Gasteiger charge is -2.08. The van der Waals surface area contributed by atoms with Gasteiger partial charge >= 0.3 is 5.97 Å². The Labute approximate surface area is 99.8 Å². The van der Waals surface area contributed by atoms with Crippen molar-refractivity contribution in [3.05, 3.63) is 53.2 Å². The van der Waals surface area contributed by atoms with E-state index >= 15 is 0 Å². The molecule has 0 saturated carbocycles. The minimum Gasteiger partial charge on any atom is -0.477 e. The molecule has 0 radical (unpaired) electrons. The Bertz CT molecular complexity index is 576. The maximum absolute atomic E-state index is 10.9. The predicted molar refractivity (Wildman–Crippen MR) is 66.1 cm³/mol. The zero-order valence-electron chi connectivity index (χ0n) is 9.77. The number of hydrogen-bond acceptors (Lipinski definition) is 2. The molecule has 1 aromatic heterocycles. The zero-order chi connectivity index (χ0) is 12.4.